The molecular weight excluding hydrogens is 268 g/mol. The number of phenolic OH excluding ortho intramolecular Hbond substituents is 1. The molecule has 1 fully saturated rings. The summed E-state index contributed by atoms with van der Waals surface area (Å²) in [6.07, 6.45) is 2.23. The molecule has 5 heteroatoms. The van der Waals surface area contributed by atoms with Gasteiger partial charge in [-0.15, -0.1) is 0 Å². The van der Waals surface area contributed by atoms with Gasteiger partial charge in [-0.3, -0.25) is 4.90 Å². The first-order chi connectivity index (χ1) is 10.2. The Morgan fingerprint density at radius 3 is 2.95 bits per heavy atom. The maximum Gasteiger partial charge on any atom is 0.160 e. The predicted molar refractivity (Wildman–Crippen MR) is 78.3 cm³/mol. The fourth-order valence-corrected chi connectivity index (χ4v) is 2.95. The third kappa shape index (κ3) is 2.88. The summed E-state index contributed by atoms with van der Waals surface area (Å²) in [4.78, 5) is 2.36. The summed E-state index contributed by atoms with van der Waals surface area (Å²) in [5.41, 5.74) is 1.98. The number of methoxy groups -OCH3 is 1. The first-order valence-corrected chi connectivity index (χ1v) is 7.20. The Labute approximate surface area is 124 Å². The Kier molecular flexibility index (Phi) is 3.84. The molecule has 1 aromatic heterocycles. The zero-order valence-corrected chi connectivity index (χ0v) is 12.4. The number of nitrogens with zero attached hydrogens (tertiary/aromatic N) is 2. The minimum Gasteiger partial charge on any atom is -0.504 e. The van der Waals surface area contributed by atoms with Crippen LogP contribution in [-0.2, 0) is 6.54 Å². The van der Waals surface area contributed by atoms with Gasteiger partial charge in [-0.05, 0) is 44.0 Å². The van der Waals surface area contributed by atoms with Crippen molar-refractivity contribution in [3.05, 3.63) is 41.3 Å². The Balaban J connectivity index is 1.75. The maximum atomic E-state index is 9.88. The zero-order chi connectivity index (χ0) is 14.8. The number of aromatic nitrogens is 1. The highest BCUT2D eigenvalue weighted by molar-refractivity contribution is 5.41. The highest BCUT2D eigenvalue weighted by Crippen LogP contribution is 2.34. The smallest absolute Gasteiger partial charge is 0.160 e. The number of likely N-dealkylation sites (tertiary alicyclic amines) is 1. The van der Waals surface area contributed by atoms with E-state index in [0.717, 1.165) is 42.9 Å². The molecule has 0 aliphatic carbocycles. The first kappa shape index (κ1) is 13.9. The monoisotopic (exact) mass is 288 g/mol. The van der Waals surface area contributed by atoms with Crippen LogP contribution in [0.15, 0.2) is 28.8 Å². The van der Waals surface area contributed by atoms with Crippen LogP contribution in [-0.4, -0.2) is 28.8 Å². The quantitative estimate of drug-likeness (QED) is 0.937. The Bertz CT molecular complexity index is 624. The maximum absolute atomic E-state index is 9.88. The van der Waals surface area contributed by atoms with Crippen molar-refractivity contribution in [3.63, 3.8) is 0 Å². The van der Waals surface area contributed by atoms with Crippen LogP contribution in [0.25, 0.3) is 0 Å². The van der Waals surface area contributed by atoms with Crippen molar-refractivity contribution in [2.24, 2.45) is 0 Å². The largest absolute Gasteiger partial charge is 0.504 e. The van der Waals surface area contributed by atoms with Crippen LogP contribution in [0, 0.1) is 6.92 Å². The van der Waals surface area contributed by atoms with E-state index in [1.54, 1.807) is 19.2 Å². The number of phenols is 1. The van der Waals surface area contributed by atoms with Crippen LogP contribution in [0.3, 0.4) is 0 Å². The molecule has 0 amide bonds. The van der Waals surface area contributed by atoms with Gasteiger partial charge in [0, 0.05) is 12.6 Å². The number of aromatic hydroxyl groups is 1. The van der Waals surface area contributed by atoms with Crippen molar-refractivity contribution in [1.29, 1.82) is 0 Å². The third-order valence-corrected chi connectivity index (χ3v) is 3.97. The second kappa shape index (κ2) is 5.77. The normalized spacial score (nSPS) is 19.0. The molecule has 1 N–H and O–H groups in total. The molecule has 1 aliphatic rings. The second-order valence-electron chi connectivity index (χ2n) is 5.51. The predicted octanol–water partition coefficient (Wildman–Crippen LogP) is 3.03. The van der Waals surface area contributed by atoms with E-state index in [-0.39, 0.29) is 11.8 Å². The lowest BCUT2D eigenvalue weighted by atomic mass is 10.1. The van der Waals surface area contributed by atoms with Crippen molar-refractivity contribution in [2.75, 3.05) is 13.7 Å². The number of hydrogen-bond acceptors (Lipinski definition) is 5. The summed E-state index contributed by atoms with van der Waals surface area (Å²) in [5, 5.41) is 13.9. The van der Waals surface area contributed by atoms with Crippen molar-refractivity contribution in [1.82, 2.24) is 10.1 Å². The number of ether oxygens (including phenoxy) is 1. The van der Waals surface area contributed by atoms with E-state index in [2.05, 4.69) is 10.1 Å². The summed E-state index contributed by atoms with van der Waals surface area (Å²) in [6.45, 7) is 3.74. The van der Waals surface area contributed by atoms with Gasteiger partial charge < -0.3 is 14.4 Å². The van der Waals surface area contributed by atoms with Crippen LogP contribution in [0.5, 0.6) is 11.5 Å². The average molecular weight is 288 g/mol. The van der Waals surface area contributed by atoms with Crippen molar-refractivity contribution in [2.45, 2.75) is 32.4 Å². The van der Waals surface area contributed by atoms with Crippen LogP contribution >= 0.6 is 0 Å². The molecule has 5 nitrogen and oxygen atoms in total. The molecule has 2 heterocycles. The molecule has 1 atom stereocenters. The summed E-state index contributed by atoms with van der Waals surface area (Å²) < 4.78 is 10.5. The van der Waals surface area contributed by atoms with Crippen LogP contribution in [0.4, 0.5) is 0 Å². The molecule has 2 aromatic rings. The topological polar surface area (TPSA) is 58.7 Å². The van der Waals surface area contributed by atoms with E-state index in [9.17, 15) is 5.11 Å². The molecule has 0 saturated carbocycles. The lowest BCUT2D eigenvalue weighted by molar-refractivity contribution is 0.206. The van der Waals surface area contributed by atoms with E-state index >= 15 is 0 Å². The van der Waals surface area contributed by atoms with Gasteiger partial charge in [0.15, 0.2) is 17.3 Å². The van der Waals surface area contributed by atoms with Crippen LogP contribution < -0.4 is 4.74 Å². The van der Waals surface area contributed by atoms with Gasteiger partial charge in [0.2, 0.25) is 0 Å². The molecule has 0 bridgehead atoms. The van der Waals surface area contributed by atoms with Gasteiger partial charge in [-0.1, -0.05) is 11.2 Å². The van der Waals surface area contributed by atoms with E-state index in [0.29, 0.717) is 5.75 Å². The summed E-state index contributed by atoms with van der Waals surface area (Å²) >= 11 is 0. The van der Waals surface area contributed by atoms with E-state index < -0.39 is 0 Å². The SMILES string of the molecule is COc1ccc(CN2CCC[C@@H]2c2cc(C)no2)cc1O. The van der Waals surface area contributed by atoms with Crippen molar-refractivity contribution in [3.8, 4) is 11.5 Å². The van der Waals surface area contributed by atoms with Crippen LogP contribution in [0.1, 0.15) is 35.9 Å². The number of benzene rings is 1. The molecule has 0 radical (unpaired) electrons. The lowest BCUT2D eigenvalue weighted by Crippen LogP contribution is -2.22. The fourth-order valence-electron chi connectivity index (χ4n) is 2.95. The molecule has 0 unspecified atom stereocenters. The third-order valence-electron chi connectivity index (χ3n) is 3.97. The lowest BCUT2D eigenvalue weighted by Gasteiger charge is -2.22. The number of hydrogen-bond donors (Lipinski definition) is 1. The average Bonchev–Trinajstić information content (AvgIpc) is 3.08. The molecule has 21 heavy (non-hydrogen) atoms. The van der Waals surface area contributed by atoms with Crippen molar-refractivity contribution < 1.29 is 14.4 Å². The number of rotatable bonds is 4. The van der Waals surface area contributed by atoms with Crippen LogP contribution in [0.2, 0.25) is 0 Å². The van der Waals surface area contributed by atoms with Gasteiger partial charge in [0.05, 0.1) is 18.8 Å². The Hall–Kier alpha value is -2.01. The van der Waals surface area contributed by atoms with Gasteiger partial charge in [0.25, 0.3) is 0 Å². The summed E-state index contributed by atoms with van der Waals surface area (Å²) in [6, 6.07) is 7.83. The highest BCUT2D eigenvalue weighted by Gasteiger charge is 2.29. The molecule has 112 valence electrons. The summed E-state index contributed by atoms with van der Waals surface area (Å²) in [7, 11) is 1.55. The van der Waals surface area contributed by atoms with Gasteiger partial charge in [0.1, 0.15) is 0 Å². The van der Waals surface area contributed by atoms with E-state index in [1.165, 1.54) is 0 Å². The number of aryl methyl sites for hydroxylation is 1. The Morgan fingerprint density at radius 2 is 2.29 bits per heavy atom. The standard InChI is InChI=1S/C16H20N2O3/c1-11-8-16(21-17-11)13-4-3-7-18(13)10-12-5-6-15(20-2)14(19)9-12/h5-6,8-9,13,19H,3-4,7,10H2,1-2H3/t13-/m1/s1. The Morgan fingerprint density at radius 1 is 1.43 bits per heavy atom. The molecule has 3 rings (SSSR count). The van der Waals surface area contributed by atoms with Gasteiger partial charge in [-0.25, -0.2) is 0 Å². The fraction of sp³-hybridized carbons (Fsp3) is 0.438. The molecule has 0 spiro atoms. The van der Waals surface area contributed by atoms with Crippen molar-refractivity contribution >= 4 is 0 Å². The first-order valence-electron chi connectivity index (χ1n) is 7.20. The summed E-state index contributed by atoms with van der Waals surface area (Å²) in [5.74, 6) is 1.62. The minimum absolute atomic E-state index is 0.182. The molecular formula is C16H20N2O3. The minimum atomic E-state index is 0.182. The molecule has 1 aliphatic heterocycles. The second-order valence-corrected chi connectivity index (χ2v) is 5.51. The molecule has 1 aromatic carbocycles. The van der Waals surface area contributed by atoms with Gasteiger partial charge in [-0.2, -0.15) is 0 Å². The zero-order valence-electron chi connectivity index (χ0n) is 12.4. The van der Waals surface area contributed by atoms with E-state index in [4.69, 9.17) is 9.26 Å². The molecule has 1 saturated heterocycles. The van der Waals surface area contributed by atoms with Gasteiger partial charge >= 0.3 is 0 Å². The van der Waals surface area contributed by atoms with E-state index in [1.807, 2.05) is 19.1 Å². The highest BCUT2D eigenvalue weighted by atomic mass is 16.5.